The van der Waals surface area contributed by atoms with E-state index in [0.717, 1.165) is 76.3 Å². The molecule has 2 amide bonds. The van der Waals surface area contributed by atoms with Crippen molar-refractivity contribution >= 4 is 22.8 Å². The monoisotopic (exact) mass is 730 g/mol. The van der Waals surface area contributed by atoms with Gasteiger partial charge in [-0.2, -0.15) is 22.0 Å². The van der Waals surface area contributed by atoms with E-state index < -0.39 is 41.8 Å². The van der Waals surface area contributed by atoms with Crippen molar-refractivity contribution in [3.63, 3.8) is 0 Å². The Morgan fingerprint density at radius 1 is 1.02 bits per heavy atom. The molecule has 1 aromatic carbocycles. The highest BCUT2D eigenvalue weighted by molar-refractivity contribution is 7.84. The Bertz CT molecular complexity index is 1420. The summed E-state index contributed by atoms with van der Waals surface area (Å²) in [6.45, 7) is 4.04. The molecule has 0 spiro atoms. The van der Waals surface area contributed by atoms with E-state index in [1.807, 2.05) is 17.0 Å². The summed E-state index contributed by atoms with van der Waals surface area (Å²) in [6, 6.07) is 6.08. The number of halogens is 5. The molecule has 2 heterocycles. The highest BCUT2D eigenvalue weighted by Gasteiger charge is 2.57. The molecule has 280 valence electrons. The lowest BCUT2D eigenvalue weighted by Gasteiger charge is -2.53. The van der Waals surface area contributed by atoms with E-state index in [9.17, 15) is 40.9 Å². The molecule has 7 nitrogen and oxygen atoms in total. The fraction of sp³-hybridized carbons (Fsp3) is 0.784. The highest BCUT2D eigenvalue weighted by atomic mass is 32.2. The van der Waals surface area contributed by atoms with Crippen molar-refractivity contribution < 1.29 is 45.6 Å². The number of aliphatic hydroxyl groups excluding tert-OH is 1. The average Bonchev–Trinajstić information content (AvgIpc) is 3.38. The molecule has 7 atom stereocenters. The lowest BCUT2D eigenvalue weighted by atomic mass is 9.52. The Balaban J connectivity index is 1.09. The van der Waals surface area contributed by atoms with Crippen LogP contribution < -0.4 is 4.74 Å². The Hall–Kier alpha value is -2.28. The summed E-state index contributed by atoms with van der Waals surface area (Å²) < 4.78 is 82.8. The lowest BCUT2D eigenvalue weighted by molar-refractivity contribution is -0.284. The van der Waals surface area contributed by atoms with E-state index in [4.69, 9.17) is 4.74 Å². The molecule has 5 aliphatic rings. The summed E-state index contributed by atoms with van der Waals surface area (Å²) in [7, 11) is -1.50. The molecule has 2 saturated heterocycles. The number of carbonyl (C=O) groups excluding carboxylic acids is 2. The van der Waals surface area contributed by atoms with E-state index in [2.05, 4.69) is 13.0 Å². The van der Waals surface area contributed by atoms with E-state index in [-0.39, 0.29) is 46.8 Å². The fourth-order valence-corrected chi connectivity index (χ4v) is 11.2. The molecule has 1 unspecified atom stereocenters. The maximum absolute atomic E-state index is 13.3. The van der Waals surface area contributed by atoms with E-state index in [0.29, 0.717) is 43.5 Å². The van der Waals surface area contributed by atoms with Gasteiger partial charge >= 0.3 is 18.2 Å². The molecule has 0 aromatic heterocycles. The van der Waals surface area contributed by atoms with Crippen molar-refractivity contribution in [3.05, 3.63) is 29.3 Å². The van der Waals surface area contributed by atoms with Gasteiger partial charge < -0.3 is 19.6 Å². The van der Waals surface area contributed by atoms with E-state index >= 15 is 0 Å². The predicted octanol–water partition coefficient (Wildman–Crippen LogP) is 7.61. The number of fused-ring (bicyclic) bond motifs is 5. The number of rotatable bonds is 10. The zero-order valence-corrected chi connectivity index (χ0v) is 29.7. The van der Waals surface area contributed by atoms with Crippen molar-refractivity contribution in [2.45, 2.75) is 127 Å². The second-order valence-corrected chi connectivity index (χ2v) is 17.4. The van der Waals surface area contributed by atoms with Gasteiger partial charge in [0.1, 0.15) is 5.75 Å². The first-order chi connectivity index (χ1) is 23.7. The molecular weight excluding hydrogens is 679 g/mol. The molecule has 50 heavy (non-hydrogen) atoms. The van der Waals surface area contributed by atoms with Crippen LogP contribution in [0.15, 0.2) is 18.2 Å². The van der Waals surface area contributed by atoms with Gasteiger partial charge in [0.25, 0.3) is 0 Å². The molecule has 1 aromatic rings. The number of carbonyl (C=O) groups is 2. The van der Waals surface area contributed by atoms with Crippen molar-refractivity contribution in [1.82, 2.24) is 9.80 Å². The van der Waals surface area contributed by atoms with Gasteiger partial charge in [0.2, 0.25) is 5.91 Å². The number of hydrogen-bond donors (Lipinski definition) is 1. The number of hydrogen-bond acceptors (Lipinski definition) is 5. The highest BCUT2D eigenvalue weighted by Crippen LogP contribution is 2.62. The molecular formula is C37H51F5N2O5S. The number of likely N-dealkylation sites (tertiary alicyclic amines) is 2. The van der Waals surface area contributed by atoms with Gasteiger partial charge in [-0.15, -0.1) is 0 Å². The number of alkyl halides is 5. The maximum Gasteiger partial charge on any atom is 0.453 e. The lowest BCUT2D eigenvalue weighted by Crippen LogP contribution is -2.50. The van der Waals surface area contributed by atoms with Crippen LogP contribution in [0.4, 0.5) is 26.7 Å². The van der Waals surface area contributed by atoms with Gasteiger partial charge in [0.05, 0.1) is 6.10 Å². The number of nitrogens with zero attached hydrogens (tertiary/aromatic N) is 2. The van der Waals surface area contributed by atoms with Gasteiger partial charge in [0, 0.05) is 60.8 Å². The topological polar surface area (TPSA) is 87.2 Å². The predicted molar refractivity (Wildman–Crippen MR) is 179 cm³/mol. The molecule has 1 N–H and O–H groups in total. The molecule has 0 radical (unpaired) electrons. The maximum atomic E-state index is 13.3. The molecule has 3 aliphatic carbocycles. The van der Waals surface area contributed by atoms with Gasteiger partial charge in [-0.3, -0.25) is 9.00 Å². The molecule has 13 heteroatoms. The summed E-state index contributed by atoms with van der Waals surface area (Å²) in [4.78, 5) is 29.3. The van der Waals surface area contributed by atoms with E-state index in [1.54, 1.807) is 4.90 Å². The standard InChI is InChI=1S/C37H51F5N2O5S/c1-35-16-12-29-28-9-8-27(49-34(47)43-18-13-26(14-19-43)44-17-3-2-7-32(44)46)23-25(28)22-24(33(29)30(35)10-11-31(35)45)6-4-20-50(48)21-5-15-36(38,39)37(40,41)42/h8-9,23-24,26,29-31,33,45H,2-7,10-22H2,1H3/t24-,29-,30+,31+,33-,35+,50?/m1/s1. The first kappa shape index (κ1) is 37.5. The normalized spacial score (nSPS) is 31.2. The second-order valence-electron chi connectivity index (χ2n) is 15.7. The van der Waals surface area contributed by atoms with Gasteiger partial charge in [-0.1, -0.05) is 13.0 Å². The summed E-state index contributed by atoms with van der Waals surface area (Å²) in [5, 5.41) is 11.0. The van der Waals surface area contributed by atoms with Crippen LogP contribution in [-0.2, 0) is 22.0 Å². The summed E-state index contributed by atoms with van der Waals surface area (Å²) in [5.74, 6) is -2.94. The largest absolute Gasteiger partial charge is 0.453 e. The van der Waals surface area contributed by atoms with E-state index in [1.165, 1.54) is 5.56 Å². The Kier molecular flexibility index (Phi) is 11.2. The Morgan fingerprint density at radius 3 is 2.48 bits per heavy atom. The number of piperidine rings is 2. The van der Waals surface area contributed by atoms with Crippen molar-refractivity contribution in [3.8, 4) is 5.75 Å². The van der Waals surface area contributed by atoms with Crippen LogP contribution >= 0.6 is 0 Å². The van der Waals surface area contributed by atoms with Gasteiger partial charge in [0.15, 0.2) is 0 Å². The van der Waals surface area contributed by atoms with Crippen LogP contribution in [-0.4, -0.2) is 86.5 Å². The molecule has 6 rings (SSSR count). The number of ether oxygens (including phenoxy) is 1. The molecule has 2 aliphatic heterocycles. The zero-order chi connectivity index (χ0) is 35.8. The van der Waals surface area contributed by atoms with Crippen LogP contribution in [0, 0.1) is 23.2 Å². The summed E-state index contributed by atoms with van der Waals surface area (Å²) in [6.07, 6.45) is 1.38. The number of benzene rings is 1. The SMILES string of the molecule is C[C@]12CC[C@@H]3c4ccc(OC(=O)N5CCC(N6CCCCC6=O)CC5)cc4C[C@@H](CCCS(=O)CCCC(F)(F)C(F)(F)F)[C@H]3[C@@H]1CC[C@@H]2O. The van der Waals surface area contributed by atoms with Crippen LogP contribution in [0.25, 0.3) is 0 Å². The number of amides is 2. The third-order valence-corrected chi connectivity index (χ3v) is 14.3. The van der Waals surface area contributed by atoms with Crippen LogP contribution in [0.1, 0.15) is 107 Å². The second kappa shape index (κ2) is 15.0. The van der Waals surface area contributed by atoms with Crippen molar-refractivity contribution in [2.24, 2.45) is 23.2 Å². The summed E-state index contributed by atoms with van der Waals surface area (Å²) >= 11 is 0. The third kappa shape index (κ3) is 7.74. The molecule has 4 fully saturated rings. The minimum Gasteiger partial charge on any atom is -0.410 e. The van der Waals surface area contributed by atoms with Gasteiger partial charge in [-0.25, -0.2) is 4.79 Å². The first-order valence-corrected chi connectivity index (χ1v) is 20.0. The average molecular weight is 731 g/mol. The van der Waals surface area contributed by atoms with Crippen LogP contribution in [0.3, 0.4) is 0 Å². The Labute approximate surface area is 294 Å². The van der Waals surface area contributed by atoms with Gasteiger partial charge in [-0.05, 0) is 129 Å². The van der Waals surface area contributed by atoms with Crippen LogP contribution in [0.5, 0.6) is 5.75 Å². The minimum absolute atomic E-state index is 0.162. The van der Waals surface area contributed by atoms with Crippen molar-refractivity contribution in [2.75, 3.05) is 31.1 Å². The van der Waals surface area contributed by atoms with Crippen LogP contribution in [0.2, 0.25) is 0 Å². The smallest absolute Gasteiger partial charge is 0.410 e. The molecule has 0 bridgehead atoms. The number of aliphatic hydroxyl groups is 1. The minimum atomic E-state index is -5.60. The first-order valence-electron chi connectivity index (χ1n) is 18.5. The third-order valence-electron chi connectivity index (χ3n) is 12.8. The quantitative estimate of drug-likeness (QED) is 0.251. The zero-order valence-electron chi connectivity index (χ0n) is 28.9. The summed E-state index contributed by atoms with van der Waals surface area (Å²) in [5.41, 5.74) is 2.19. The fourth-order valence-electron chi connectivity index (χ4n) is 10.0. The molecule has 2 saturated carbocycles. The van der Waals surface area contributed by atoms with Crippen molar-refractivity contribution in [1.29, 1.82) is 0 Å². The Morgan fingerprint density at radius 2 is 1.76 bits per heavy atom.